The number of benzene rings is 1. The summed E-state index contributed by atoms with van der Waals surface area (Å²) in [6, 6.07) is 9.69. The van der Waals surface area contributed by atoms with E-state index in [1.807, 2.05) is 30.3 Å². The Kier molecular flexibility index (Phi) is 5.89. The Morgan fingerprint density at radius 2 is 1.90 bits per heavy atom. The molecule has 2 unspecified atom stereocenters. The Morgan fingerprint density at radius 3 is 2.57 bits per heavy atom. The van der Waals surface area contributed by atoms with E-state index in [0.29, 0.717) is 24.1 Å². The van der Waals surface area contributed by atoms with Crippen LogP contribution >= 0.6 is 0 Å². The van der Waals surface area contributed by atoms with E-state index >= 15 is 0 Å². The van der Waals surface area contributed by atoms with Gasteiger partial charge in [0.1, 0.15) is 0 Å². The number of rotatable bonds is 6. The van der Waals surface area contributed by atoms with Crippen LogP contribution in [-0.2, 0) is 9.59 Å². The second kappa shape index (κ2) is 8.74. The highest BCUT2D eigenvalue weighted by Crippen LogP contribution is 2.31. The first-order valence-corrected chi connectivity index (χ1v) is 10.4. The molecule has 4 N–H and O–H groups in total. The van der Waals surface area contributed by atoms with E-state index in [4.69, 9.17) is 5.73 Å². The molecule has 0 saturated carbocycles. The number of carbonyl (C=O) groups is 2. The summed E-state index contributed by atoms with van der Waals surface area (Å²) in [5.41, 5.74) is 6.82. The minimum atomic E-state index is -0.165. The van der Waals surface area contributed by atoms with Gasteiger partial charge < -0.3 is 11.1 Å². The molecular weight excluding hydrogens is 382 g/mol. The summed E-state index contributed by atoms with van der Waals surface area (Å²) in [4.78, 5) is 38.7. The van der Waals surface area contributed by atoms with E-state index in [9.17, 15) is 9.59 Å². The smallest absolute Gasteiger partial charge is 0.232 e. The van der Waals surface area contributed by atoms with Gasteiger partial charge >= 0.3 is 0 Å². The van der Waals surface area contributed by atoms with E-state index < -0.39 is 0 Å². The molecule has 1 aromatic carbocycles. The van der Waals surface area contributed by atoms with Gasteiger partial charge in [0.2, 0.25) is 23.7 Å². The van der Waals surface area contributed by atoms with Crippen molar-refractivity contribution in [3.05, 3.63) is 36.2 Å². The number of carbonyl (C=O) groups excluding carboxylic acids is 2. The van der Waals surface area contributed by atoms with Crippen molar-refractivity contribution < 1.29 is 9.59 Å². The van der Waals surface area contributed by atoms with Crippen LogP contribution in [0.4, 0.5) is 17.6 Å². The molecule has 9 nitrogen and oxygen atoms in total. The molecule has 2 atom stereocenters. The molecule has 3 heterocycles. The highest BCUT2D eigenvalue weighted by molar-refractivity contribution is 6.03. The number of amides is 2. The number of likely N-dealkylation sites (tertiary alicyclic amines) is 1. The average molecular weight is 409 g/mol. The molecule has 2 aliphatic heterocycles. The van der Waals surface area contributed by atoms with Crippen molar-refractivity contribution in [3.63, 3.8) is 0 Å². The van der Waals surface area contributed by atoms with Gasteiger partial charge in [0.15, 0.2) is 5.82 Å². The molecule has 0 bridgehead atoms. The summed E-state index contributed by atoms with van der Waals surface area (Å²) in [5.74, 6) is 1.29. The molecule has 2 aromatic rings. The lowest BCUT2D eigenvalue weighted by Gasteiger charge is -2.35. The van der Waals surface area contributed by atoms with Gasteiger partial charge in [-0.3, -0.25) is 19.8 Å². The Bertz CT molecular complexity index is 913. The number of aromatic nitrogens is 3. The summed E-state index contributed by atoms with van der Waals surface area (Å²) in [6.45, 7) is 3.85. The van der Waals surface area contributed by atoms with Crippen molar-refractivity contribution in [2.75, 3.05) is 24.1 Å². The zero-order valence-corrected chi connectivity index (χ0v) is 17.0. The highest BCUT2D eigenvalue weighted by atomic mass is 16.2. The van der Waals surface area contributed by atoms with E-state index in [2.05, 4.69) is 37.4 Å². The van der Waals surface area contributed by atoms with Gasteiger partial charge in [0.25, 0.3) is 0 Å². The van der Waals surface area contributed by atoms with Crippen molar-refractivity contribution in [3.8, 4) is 0 Å². The summed E-state index contributed by atoms with van der Waals surface area (Å²) in [5, 5.41) is 5.58. The number of anilines is 3. The molecule has 0 spiro atoms. The van der Waals surface area contributed by atoms with Gasteiger partial charge in [-0.15, -0.1) is 0 Å². The fourth-order valence-electron chi connectivity index (χ4n) is 4.24. The molecular formula is C21H27N7O2. The van der Waals surface area contributed by atoms with Crippen LogP contribution < -0.4 is 16.4 Å². The normalized spacial score (nSPS) is 21.4. The second-order valence-corrected chi connectivity index (χ2v) is 8.07. The van der Waals surface area contributed by atoms with Crippen LogP contribution in [0.3, 0.4) is 0 Å². The molecule has 2 fully saturated rings. The molecule has 4 rings (SSSR count). The zero-order chi connectivity index (χ0) is 21.1. The monoisotopic (exact) mass is 409 g/mol. The molecule has 0 radical (unpaired) electrons. The Labute approximate surface area is 175 Å². The molecule has 0 aliphatic carbocycles. The van der Waals surface area contributed by atoms with E-state index in [0.717, 1.165) is 38.0 Å². The van der Waals surface area contributed by atoms with Crippen molar-refractivity contribution >= 4 is 29.4 Å². The van der Waals surface area contributed by atoms with Crippen molar-refractivity contribution in [1.29, 1.82) is 0 Å². The van der Waals surface area contributed by atoms with Crippen molar-refractivity contribution in [1.82, 2.24) is 25.2 Å². The van der Waals surface area contributed by atoms with Crippen molar-refractivity contribution in [2.45, 2.75) is 38.6 Å². The first-order valence-electron chi connectivity index (χ1n) is 10.4. The Morgan fingerprint density at radius 1 is 1.17 bits per heavy atom. The number of hydrogen-bond acceptors (Lipinski definition) is 8. The van der Waals surface area contributed by atoms with Crippen LogP contribution in [0.15, 0.2) is 30.3 Å². The zero-order valence-electron chi connectivity index (χ0n) is 17.0. The molecule has 9 heteroatoms. The minimum Gasteiger partial charge on any atom is -0.368 e. The maximum atomic E-state index is 11.8. The number of imide groups is 1. The minimum absolute atomic E-state index is 0.00364. The van der Waals surface area contributed by atoms with Crippen LogP contribution in [0.1, 0.15) is 44.5 Å². The number of nitrogens with one attached hydrogen (secondary N) is 2. The number of para-hydroxylation sites is 1. The van der Waals surface area contributed by atoms with Gasteiger partial charge in [0, 0.05) is 18.0 Å². The van der Waals surface area contributed by atoms with E-state index in [1.165, 1.54) is 0 Å². The van der Waals surface area contributed by atoms with Crippen LogP contribution in [0.5, 0.6) is 0 Å². The third-order valence-electron chi connectivity index (χ3n) is 5.95. The molecule has 2 amide bonds. The SMILES string of the molecule is CC(c1nc(N)nc(Nc2ccccc2)n1)N1CCC(CC2CC(=O)NC2=O)CC1. The predicted molar refractivity (Wildman–Crippen MR) is 113 cm³/mol. The lowest BCUT2D eigenvalue weighted by molar-refractivity contribution is -0.126. The van der Waals surface area contributed by atoms with Gasteiger partial charge in [0.05, 0.1) is 6.04 Å². The second-order valence-electron chi connectivity index (χ2n) is 8.07. The lowest BCUT2D eigenvalue weighted by Crippen LogP contribution is -2.37. The summed E-state index contributed by atoms with van der Waals surface area (Å²) < 4.78 is 0. The third kappa shape index (κ3) is 4.73. The largest absolute Gasteiger partial charge is 0.368 e. The standard InChI is InChI=1S/C21H27N7O2/c1-13(18-25-20(22)27-21(26-18)23-16-5-3-2-4-6-16)28-9-7-14(8-10-28)11-15-12-17(29)24-19(15)30/h2-6,13-15H,7-12H2,1H3,(H,24,29,30)(H3,22,23,25,26,27). The van der Waals surface area contributed by atoms with Gasteiger partial charge in [-0.05, 0) is 57.3 Å². The quantitative estimate of drug-likeness (QED) is 0.619. The van der Waals surface area contributed by atoms with Gasteiger partial charge in [-0.2, -0.15) is 15.0 Å². The fraction of sp³-hybridized carbons (Fsp3) is 0.476. The number of hydrogen-bond donors (Lipinski definition) is 3. The maximum Gasteiger partial charge on any atom is 0.232 e. The summed E-state index contributed by atoms with van der Waals surface area (Å²) >= 11 is 0. The third-order valence-corrected chi connectivity index (χ3v) is 5.95. The molecule has 30 heavy (non-hydrogen) atoms. The van der Waals surface area contributed by atoms with Crippen LogP contribution in [0, 0.1) is 11.8 Å². The van der Waals surface area contributed by atoms with Crippen LogP contribution in [0.2, 0.25) is 0 Å². The maximum absolute atomic E-state index is 11.8. The number of nitrogen functional groups attached to an aromatic ring is 1. The van der Waals surface area contributed by atoms with Gasteiger partial charge in [-0.1, -0.05) is 18.2 Å². The first kappa shape index (κ1) is 20.2. The number of nitrogens with two attached hydrogens (primary N) is 1. The topological polar surface area (TPSA) is 126 Å². The van der Waals surface area contributed by atoms with E-state index in [1.54, 1.807) is 0 Å². The summed E-state index contributed by atoms with van der Waals surface area (Å²) in [6.07, 6.45) is 3.08. The average Bonchev–Trinajstić information content (AvgIpc) is 3.05. The van der Waals surface area contributed by atoms with Crippen molar-refractivity contribution in [2.24, 2.45) is 11.8 Å². The lowest BCUT2D eigenvalue weighted by atomic mass is 9.86. The highest BCUT2D eigenvalue weighted by Gasteiger charge is 2.34. The number of nitrogens with zero attached hydrogens (tertiary/aromatic N) is 4. The van der Waals surface area contributed by atoms with Crippen LogP contribution in [0.25, 0.3) is 0 Å². The van der Waals surface area contributed by atoms with E-state index in [-0.39, 0.29) is 29.7 Å². The first-order chi connectivity index (χ1) is 14.5. The summed E-state index contributed by atoms with van der Waals surface area (Å²) in [7, 11) is 0. The van der Waals surface area contributed by atoms with Gasteiger partial charge in [-0.25, -0.2) is 0 Å². The predicted octanol–water partition coefficient (Wildman–Crippen LogP) is 2.02. The van der Waals surface area contributed by atoms with Crippen LogP contribution in [-0.4, -0.2) is 44.8 Å². The Hall–Kier alpha value is -3.07. The fourth-order valence-corrected chi connectivity index (χ4v) is 4.24. The molecule has 158 valence electrons. The molecule has 1 aromatic heterocycles. The Balaban J connectivity index is 1.36. The number of piperidine rings is 1. The molecule has 2 saturated heterocycles. The molecule has 2 aliphatic rings.